The van der Waals surface area contributed by atoms with E-state index in [1.165, 1.54) is 5.56 Å². The molecule has 3 aromatic rings. The van der Waals surface area contributed by atoms with Crippen LogP contribution < -0.4 is 16.5 Å². The summed E-state index contributed by atoms with van der Waals surface area (Å²) in [6, 6.07) is 12.4. The number of unbranched alkanes of at least 4 members (excludes halogenated alkanes) is 1. The molecular weight excluding hydrogens is 340 g/mol. The molecule has 0 fully saturated rings. The molecule has 0 aliphatic carbocycles. The summed E-state index contributed by atoms with van der Waals surface area (Å²) < 4.78 is 0. The van der Waals surface area contributed by atoms with Gasteiger partial charge in [-0.2, -0.15) is 5.48 Å². The van der Waals surface area contributed by atoms with E-state index < -0.39 is 0 Å². The maximum atomic E-state index is 12.5. The molecular formula is C21H25N4O2+. The summed E-state index contributed by atoms with van der Waals surface area (Å²) in [6.07, 6.45) is 3.42. The number of H-pyrrole nitrogens is 1. The number of nitrogens with two attached hydrogens (primary N) is 2. The number of quaternary nitrogens is 1. The molecule has 27 heavy (non-hydrogen) atoms. The first-order chi connectivity index (χ1) is 13.2. The number of rotatable bonds is 6. The lowest BCUT2D eigenvalue weighted by Gasteiger charge is -2.10. The number of aryl methyl sites for hydroxylation is 1. The number of amides is 1. The van der Waals surface area contributed by atoms with Crippen LogP contribution in [0.4, 0.5) is 11.4 Å². The summed E-state index contributed by atoms with van der Waals surface area (Å²) in [7, 11) is 1.64. The van der Waals surface area contributed by atoms with E-state index in [4.69, 9.17) is 10.6 Å². The van der Waals surface area contributed by atoms with Crippen LogP contribution in [0.2, 0.25) is 0 Å². The van der Waals surface area contributed by atoms with Crippen molar-refractivity contribution in [1.82, 2.24) is 4.98 Å². The lowest BCUT2D eigenvalue weighted by Crippen LogP contribution is -2.75. The van der Waals surface area contributed by atoms with Gasteiger partial charge in [0, 0.05) is 28.6 Å². The number of anilines is 1. The molecule has 0 bridgehead atoms. The third-order valence-corrected chi connectivity index (χ3v) is 5.07. The molecule has 1 aromatic heterocycles. The van der Waals surface area contributed by atoms with E-state index in [0.29, 0.717) is 13.0 Å². The highest BCUT2D eigenvalue weighted by molar-refractivity contribution is 6.05. The van der Waals surface area contributed by atoms with E-state index in [0.717, 1.165) is 58.4 Å². The lowest BCUT2D eigenvalue weighted by molar-refractivity contribution is -0.830. The standard InChI is InChI=1S/C21H24N4O2/c1-27-25-14-6-8-18-15(11-14)16-12-20(26)23-19-7-5-13(4-2-3-9-22)10-17(19)21(16)24-18/h5-8,10-11,24-25H,2-4,9,12,22H2,1H3,(H,23,26)/p+1. The predicted octanol–water partition coefficient (Wildman–Crippen LogP) is 2.37. The summed E-state index contributed by atoms with van der Waals surface area (Å²) in [5.41, 5.74) is 14.6. The minimum absolute atomic E-state index is 0.00732. The van der Waals surface area contributed by atoms with Gasteiger partial charge in [-0.1, -0.05) is 6.07 Å². The molecule has 6 heteroatoms. The van der Waals surface area contributed by atoms with Gasteiger partial charge < -0.3 is 16.0 Å². The highest BCUT2D eigenvalue weighted by atomic mass is 16.6. The van der Waals surface area contributed by atoms with Gasteiger partial charge in [-0.3, -0.25) is 4.79 Å². The maximum Gasteiger partial charge on any atom is 0.228 e. The van der Waals surface area contributed by atoms with Crippen molar-refractivity contribution in [2.24, 2.45) is 5.73 Å². The maximum absolute atomic E-state index is 12.5. The second kappa shape index (κ2) is 7.52. The molecule has 0 radical (unpaired) electrons. The van der Waals surface area contributed by atoms with Gasteiger partial charge in [-0.25, -0.2) is 4.84 Å². The molecule has 1 aliphatic heterocycles. The quantitative estimate of drug-likeness (QED) is 0.307. The zero-order valence-corrected chi connectivity index (χ0v) is 15.5. The van der Waals surface area contributed by atoms with E-state index in [2.05, 4.69) is 28.5 Å². The van der Waals surface area contributed by atoms with Gasteiger partial charge in [0.05, 0.1) is 24.9 Å². The highest BCUT2D eigenvalue weighted by Gasteiger charge is 2.23. The van der Waals surface area contributed by atoms with Crippen molar-refractivity contribution in [3.63, 3.8) is 0 Å². The molecule has 4 rings (SSSR count). The Morgan fingerprint density at radius 2 is 2.07 bits per heavy atom. The van der Waals surface area contributed by atoms with Crippen molar-refractivity contribution in [1.29, 1.82) is 0 Å². The van der Waals surface area contributed by atoms with Crippen LogP contribution in [0.5, 0.6) is 0 Å². The van der Waals surface area contributed by atoms with Crippen molar-refractivity contribution in [2.75, 3.05) is 19.0 Å². The molecule has 140 valence electrons. The normalized spacial score (nSPS) is 13.2. The van der Waals surface area contributed by atoms with E-state index in [1.54, 1.807) is 12.6 Å². The molecule has 0 unspecified atom stereocenters. The number of hydrogen-bond donors (Lipinski definition) is 4. The molecule has 0 saturated heterocycles. The van der Waals surface area contributed by atoms with Crippen LogP contribution in [0.1, 0.15) is 24.0 Å². The van der Waals surface area contributed by atoms with E-state index in [1.807, 2.05) is 18.2 Å². The lowest BCUT2D eigenvalue weighted by atomic mass is 9.99. The van der Waals surface area contributed by atoms with Crippen molar-refractivity contribution < 1.29 is 15.1 Å². The number of benzene rings is 2. The first-order valence-corrected chi connectivity index (χ1v) is 9.33. The third-order valence-electron chi connectivity index (χ3n) is 5.07. The number of fused-ring (bicyclic) bond motifs is 5. The molecule has 0 saturated carbocycles. The fourth-order valence-electron chi connectivity index (χ4n) is 3.78. The van der Waals surface area contributed by atoms with Crippen LogP contribution in [0.3, 0.4) is 0 Å². The molecule has 0 atom stereocenters. The Morgan fingerprint density at radius 3 is 2.89 bits per heavy atom. The summed E-state index contributed by atoms with van der Waals surface area (Å²) >= 11 is 0. The fraction of sp³-hybridized carbons (Fsp3) is 0.286. The second-order valence-electron chi connectivity index (χ2n) is 6.99. The Labute approximate surface area is 158 Å². The molecule has 1 amide bonds. The van der Waals surface area contributed by atoms with Crippen LogP contribution in [0.15, 0.2) is 36.4 Å². The zero-order chi connectivity index (χ0) is 18.8. The Kier molecular flexibility index (Phi) is 4.94. The van der Waals surface area contributed by atoms with Crippen molar-refractivity contribution in [2.45, 2.75) is 25.7 Å². The van der Waals surface area contributed by atoms with Crippen molar-refractivity contribution in [3.05, 3.63) is 47.5 Å². The van der Waals surface area contributed by atoms with Gasteiger partial charge in [-0.15, -0.1) is 0 Å². The molecule has 6 nitrogen and oxygen atoms in total. The Bertz CT molecular complexity index is 993. The van der Waals surface area contributed by atoms with Crippen LogP contribution in [-0.2, 0) is 22.5 Å². The summed E-state index contributed by atoms with van der Waals surface area (Å²) in [6.45, 7) is 0.716. The Balaban J connectivity index is 1.82. The first-order valence-electron chi connectivity index (χ1n) is 9.33. The first kappa shape index (κ1) is 17.7. The van der Waals surface area contributed by atoms with Gasteiger partial charge in [-0.05, 0) is 55.1 Å². The second-order valence-corrected chi connectivity index (χ2v) is 6.99. The minimum Gasteiger partial charge on any atom is -0.354 e. The van der Waals surface area contributed by atoms with Gasteiger partial charge in [0.25, 0.3) is 0 Å². The average molecular weight is 365 g/mol. The average Bonchev–Trinajstić information content (AvgIpc) is 2.94. The molecule has 0 spiro atoms. The Morgan fingerprint density at radius 1 is 1.19 bits per heavy atom. The van der Waals surface area contributed by atoms with Crippen LogP contribution in [-0.4, -0.2) is 24.5 Å². The topological polar surface area (TPSA) is 96.7 Å². The number of carbonyl (C=O) groups excluding carboxylic acids is 1. The van der Waals surface area contributed by atoms with Gasteiger partial charge in [0.2, 0.25) is 5.91 Å². The predicted molar refractivity (Wildman–Crippen MR) is 107 cm³/mol. The van der Waals surface area contributed by atoms with Gasteiger partial charge >= 0.3 is 0 Å². The van der Waals surface area contributed by atoms with E-state index >= 15 is 0 Å². The van der Waals surface area contributed by atoms with Crippen molar-refractivity contribution in [3.8, 4) is 11.3 Å². The minimum atomic E-state index is 0.00732. The molecule has 2 heterocycles. The summed E-state index contributed by atoms with van der Waals surface area (Å²) in [5, 5.41) is 4.11. The molecule has 2 aromatic carbocycles. The smallest absolute Gasteiger partial charge is 0.228 e. The van der Waals surface area contributed by atoms with Crippen LogP contribution >= 0.6 is 0 Å². The number of hydrogen-bond acceptors (Lipinski definition) is 3. The van der Waals surface area contributed by atoms with Gasteiger partial charge in [0.1, 0.15) is 0 Å². The monoisotopic (exact) mass is 365 g/mol. The van der Waals surface area contributed by atoms with Gasteiger partial charge in [0.15, 0.2) is 5.69 Å². The van der Waals surface area contributed by atoms with E-state index in [9.17, 15) is 4.79 Å². The number of carbonyl (C=O) groups is 1. The van der Waals surface area contributed by atoms with Crippen molar-refractivity contribution >= 4 is 28.2 Å². The highest BCUT2D eigenvalue weighted by Crippen LogP contribution is 2.38. The number of aromatic nitrogens is 1. The molecule has 6 N–H and O–H groups in total. The third kappa shape index (κ3) is 3.47. The number of aromatic amines is 1. The van der Waals surface area contributed by atoms with Crippen LogP contribution in [0, 0.1) is 0 Å². The molecule has 1 aliphatic rings. The summed E-state index contributed by atoms with van der Waals surface area (Å²) in [5.74, 6) is 0.00732. The Hall–Kier alpha value is -2.67. The van der Waals surface area contributed by atoms with Crippen LogP contribution in [0.25, 0.3) is 22.2 Å². The zero-order valence-electron chi connectivity index (χ0n) is 15.5. The largest absolute Gasteiger partial charge is 0.354 e. The number of nitrogens with one attached hydrogen (secondary N) is 2. The SMILES string of the molecule is CO[NH2+]c1ccc2[nH]c3c(c2c1)CC(=O)Nc1ccc(CCCCN)cc1-3. The fourth-order valence-corrected chi connectivity index (χ4v) is 3.78. The summed E-state index contributed by atoms with van der Waals surface area (Å²) in [4.78, 5) is 21.2. The van der Waals surface area contributed by atoms with E-state index in [-0.39, 0.29) is 5.91 Å².